The molecule has 0 saturated carbocycles. The predicted molar refractivity (Wildman–Crippen MR) is 73.8 cm³/mol. The number of nitrogens with two attached hydrogens (primary N) is 1. The highest BCUT2D eigenvalue weighted by Gasteiger charge is 2.28. The molecule has 3 N–H and O–H groups in total. The lowest BCUT2D eigenvalue weighted by Gasteiger charge is -2.14. The average Bonchev–Trinajstić information content (AvgIpc) is 2.46. The fourth-order valence-electron chi connectivity index (χ4n) is 2.12. The monoisotopic (exact) mass is 266 g/mol. The first-order chi connectivity index (χ1) is 8.58. The standard InChI is InChI=1S/C13H18N2O2S/c1-9(14)8-18(17)12-7-6-10-4-2-3-5-11(10)15-13(12)16/h2-5,9,12H,6-8,14H2,1H3,(H,15,16). The minimum Gasteiger partial charge on any atom is -0.327 e. The third-order valence-electron chi connectivity index (χ3n) is 2.99. The highest BCUT2D eigenvalue weighted by molar-refractivity contribution is 7.86. The molecule has 0 fully saturated rings. The number of carbonyl (C=O) groups is 1. The maximum Gasteiger partial charge on any atom is 0.240 e. The summed E-state index contributed by atoms with van der Waals surface area (Å²) >= 11 is 0. The molecule has 1 aromatic rings. The predicted octanol–water partition coefficient (Wildman–Crippen LogP) is 1.04. The van der Waals surface area contributed by atoms with E-state index in [2.05, 4.69) is 5.32 Å². The summed E-state index contributed by atoms with van der Waals surface area (Å²) in [5.41, 5.74) is 7.58. The number of amides is 1. The van der Waals surface area contributed by atoms with Crippen LogP contribution in [0.5, 0.6) is 0 Å². The molecule has 0 aromatic heterocycles. The van der Waals surface area contributed by atoms with E-state index in [1.807, 2.05) is 24.3 Å². The van der Waals surface area contributed by atoms with Crippen molar-refractivity contribution in [1.29, 1.82) is 0 Å². The number of rotatable bonds is 3. The van der Waals surface area contributed by atoms with Gasteiger partial charge in [0, 0.05) is 28.3 Å². The van der Waals surface area contributed by atoms with Crippen molar-refractivity contribution in [3.05, 3.63) is 29.8 Å². The van der Waals surface area contributed by atoms with Crippen molar-refractivity contribution in [2.24, 2.45) is 5.73 Å². The lowest BCUT2D eigenvalue weighted by atomic mass is 10.1. The normalized spacial score (nSPS) is 22.6. The first-order valence-corrected chi connectivity index (χ1v) is 7.47. The Balaban J connectivity index is 2.15. The number of hydrogen-bond donors (Lipinski definition) is 2. The van der Waals surface area contributed by atoms with Crippen molar-refractivity contribution in [3.63, 3.8) is 0 Å². The van der Waals surface area contributed by atoms with E-state index in [9.17, 15) is 9.00 Å². The summed E-state index contributed by atoms with van der Waals surface area (Å²) in [5, 5.41) is 2.40. The first kappa shape index (κ1) is 13.2. The summed E-state index contributed by atoms with van der Waals surface area (Å²) in [6.45, 7) is 1.81. The Morgan fingerprint density at radius 2 is 2.22 bits per heavy atom. The molecule has 1 aliphatic rings. The third kappa shape index (κ3) is 2.97. The fraction of sp³-hybridized carbons (Fsp3) is 0.462. The molecule has 0 radical (unpaired) electrons. The van der Waals surface area contributed by atoms with Crippen molar-refractivity contribution in [2.45, 2.75) is 31.1 Å². The molecular weight excluding hydrogens is 248 g/mol. The van der Waals surface area contributed by atoms with Gasteiger partial charge < -0.3 is 11.1 Å². The van der Waals surface area contributed by atoms with Crippen LogP contribution in [0.2, 0.25) is 0 Å². The van der Waals surface area contributed by atoms with Crippen LogP contribution in [-0.2, 0) is 22.0 Å². The lowest BCUT2D eigenvalue weighted by Crippen LogP contribution is -2.36. The molecule has 2 rings (SSSR count). The van der Waals surface area contributed by atoms with Gasteiger partial charge in [-0.3, -0.25) is 9.00 Å². The van der Waals surface area contributed by atoms with Crippen LogP contribution in [-0.4, -0.2) is 27.2 Å². The molecule has 0 spiro atoms. The quantitative estimate of drug-likeness (QED) is 0.858. The number of fused-ring (bicyclic) bond motifs is 1. The van der Waals surface area contributed by atoms with Crippen LogP contribution < -0.4 is 11.1 Å². The Bertz CT molecular complexity index is 474. The second-order valence-electron chi connectivity index (χ2n) is 4.70. The minimum atomic E-state index is -1.20. The second kappa shape index (κ2) is 5.63. The number of hydrogen-bond acceptors (Lipinski definition) is 3. The van der Waals surface area contributed by atoms with Gasteiger partial charge in [-0.15, -0.1) is 0 Å². The third-order valence-corrected chi connectivity index (χ3v) is 4.93. The highest BCUT2D eigenvalue weighted by Crippen LogP contribution is 2.23. The zero-order valence-corrected chi connectivity index (χ0v) is 11.2. The summed E-state index contributed by atoms with van der Waals surface area (Å²) in [5.74, 6) is 0.216. The van der Waals surface area contributed by atoms with Crippen LogP contribution in [0.3, 0.4) is 0 Å². The van der Waals surface area contributed by atoms with Crippen molar-refractivity contribution in [3.8, 4) is 0 Å². The molecule has 1 aromatic carbocycles. The van der Waals surface area contributed by atoms with E-state index >= 15 is 0 Å². The minimum absolute atomic E-state index is 0.149. The van der Waals surface area contributed by atoms with E-state index in [1.54, 1.807) is 6.92 Å². The highest BCUT2D eigenvalue weighted by atomic mass is 32.2. The topological polar surface area (TPSA) is 72.2 Å². The van der Waals surface area contributed by atoms with Crippen LogP contribution in [0, 0.1) is 0 Å². The molecule has 1 aliphatic heterocycles. The number of aryl methyl sites for hydroxylation is 1. The number of nitrogens with one attached hydrogen (secondary N) is 1. The maximum atomic E-state index is 12.1. The Morgan fingerprint density at radius 1 is 1.50 bits per heavy atom. The molecule has 5 heteroatoms. The molecule has 3 atom stereocenters. The maximum absolute atomic E-state index is 12.1. The van der Waals surface area contributed by atoms with E-state index < -0.39 is 16.0 Å². The van der Waals surface area contributed by atoms with Gasteiger partial charge in [0.1, 0.15) is 5.25 Å². The summed E-state index contributed by atoms with van der Waals surface area (Å²) in [6, 6.07) is 7.56. The Labute approximate surface area is 109 Å². The van der Waals surface area contributed by atoms with Crippen LogP contribution in [0.15, 0.2) is 24.3 Å². The SMILES string of the molecule is CC(N)CS(=O)C1CCc2ccccc2NC1=O. The summed E-state index contributed by atoms with van der Waals surface area (Å²) in [4.78, 5) is 12.1. The van der Waals surface area contributed by atoms with Crippen molar-refractivity contribution >= 4 is 22.4 Å². The number of benzene rings is 1. The molecule has 0 aliphatic carbocycles. The zero-order valence-electron chi connectivity index (χ0n) is 10.4. The molecule has 0 bridgehead atoms. The fourth-order valence-corrected chi connectivity index (χ4v) is 3.55. The van der Waals surface area contributed by atoms with Crippen LogP contribution in [0.4, 0.5) is 5.69 Å². The zero-order chi connectivity index (χ0) is 13.1. The largest absolute Gasteiger partial charge is 0.327 e. The Morgan fingerprint density at radius 3 is 2.94 bits per heavy atom. The van der Waals surface area contributed by atoms with Crippen molar-refractivity contribution in [1.82, 2.24) is 0 Å². The van der Waals surface area contributed by atoms with Crippen molar-refractivity contribution in [2.75, 3.05) is 11.1 Å². The van der Waals surface area contributed by atoms with Gasteiger partial charge in [0.2, 0.25) is 5.91 Å². The molecular formula is C13H18N2O2S. The Hall–Kier alpha value is -1.20. The van der Waals surface area contributed by atoms with Gasteiger partial charge in [0.15, 0.2) is 0 Å². The van der Waals surface area contributed by atoms with Crippen LogP contribution in [0.25, 0.3) is 0 Å². The first-order valence-electron chi connectivity index (χ1n) is 6.09. The van der Waals surface area contributed by atoms with Gasteiger partial charge in [-0.05, 0) is 31.4 Å². The second-order valence-corrected chi connectivity index (χ2v) is 6.36. The summed E-state index contributed by atoms with van der Waals surface area (Å²) in [7, 11) is -1.20. The van der Waals surface area contributed by atoms with Gasteiger partial charge in [-0.2, -0.15) is 0 Å². The van der Waals surface area contributed by atoms with Crippen LogP contribution >= 0.6 is 0 Å². The molecule has 18 heavy (non-hydrogen) atoms. The number of anilines is 1. The van der Waals surface area contributed by atoms with Crippen LogP contribution in [0.1, 0.15) is 18.9 Å². The van der Waals surface area contributed by atoms with E-state index in [-0.39, 0.29) is 11.9 Å². The summed E-state index contributed by atoms with van der Waals surface area (Å²) in [6.07, 6.45) is 1.38. The lowest BCUT2D eigenvalue weighted by molar-refractivity contribution is -0.115. The molecule has 98 valence electrons. The smallest absolute Gasteiger partial charge is 0.240 e. The van der Waals surface area contributed by atoms with Gasteiger partial charge >= 0.3 is 0 Å². The Kier molecular flexibility index (Phi) is 4.14. The van der Waals surface area contributed by atoms with E-state index in [0.717, 1.165) is 17.7 Å². The van der Waals surface area contributed by atoms with E-state index in [1.165, 1.54) is 0 Å². The molecule has 1 amide bonds. The average molecular weight is 266 g/mol. The van der Waals surface area contributed by atoms with Gasteiger partial charge in [-0.1, -0.05) is 18.2 Å². The molecule has 3 unspecified atom stereocenters. The molecule has 0 saturated heterocycles. The van der Waals surface area contributed by atoms with Crippen molar-refractivity contribution < 1.29 is 9.00 Å². The summed E-state index contributed by atoms with van der Waals surface area (Å²) < 4.78 is 12.1. The van der Waals surface area contributed by atoms with Gasteiger partial charge in [0.25, 0.3) is 0 Å². The van der Waals surface area contributed by atoms with Gasteiger partial charge in [0.05, 0.1) is 0 Å². The van der Waals surface area contributed by atoms with E-state index in [0.29, 0.717) is 12.2 Å². The number of para-hydroxylation sites is 1. The molecule has 4 nitrogen and oxygen atoms in total. The van der Waals surface area contributed by atoms with Gasteiger partial charge in [-0.25, -0.2) is 0 Å². The number of carbonyl (C=O) groups excluding carboxylic acids is 1. The molecule has 1 heterocycles. The van der Waals surface area contributed by atoms with E-state index in [4.69, 9.17) is 5.73 Å².